The normalized spacial score (nSPS) is 15.7. The SMILES string of the molecule is COc1ccc(-n2c(SCC(=O)NC[C@@H]3CCCO3)nnc2-c2ccc(Cl)cc2)cc1. The number of nitrogens with one attached hydrogen (secondary N) is 1. The molecule has 0 bridgehead atoms. The van der Waals surface area contributed by atoms with Crippen molar-refractivity contribution in [2.45, 2.75) is 24.1 Å². The van der Waals surface area contributed by atoms with Gasteiger partial charge in [-0.1, -0.05) is 23.4 Å². The summed E-state index contributed by atoms with van der Waals surface area (Å²) in [6.07, 6.45) is 2.16. The zero-order valence-corrected chi connectivity index (χ0v) is 18.7. The molecule has 0 unspecified atom stereocenters. The number of thioether (sulfide) groups is 1. The Morgan fingerprint density at radius 1 is 1.23 bits per heavy atom. The highest BCUT2D eigenvalue weighted by atomic mass is 35.5. The van der Waals surface area contributed by atoms with Gasteiger partial charge in [0.05, 0.1) is 19.0 Å². The van der Waals surface area contributed by atoms with E-state index in [2.05, 4.69) is 15.5 Å². The summed E-state index contributed by atoms with van der Waals surface area (Å²) >= 11 is 7.38. The molecular formula is C22H23ClN4O3S. The number of methoxy groups -OCH3 is 1. The third kappa shape index (κ3) is 5.39. The molecule has 1 atom stereocenters. The first kappa shape index (κ1) is 21.7. The zero-order valence-electron chi connectivity index (χ0n) is 17.1. The molecule has 7 nitrogen and oxygen atoms in total. The van der Waals surface area contributed by atoms with E-state index in [0.29, 0.717) is 22.5 Å². The lowest BCUT2D eigenvalue weighted by molar-refractivity contribution is -0.119. The van der Waals surface area contributed by atoms with E-state index in [-0.39, 0.29) is 17.8 Å². The van der Waals surface area contributed by atoms with Gasteiger partial charge in [-0.05, 0) is 61.4 Å². The number of benzene rings is 2. The summed E-state index contributed by atoms with van der Waals surface area (Å²) in [6.45, 7) is 1.31. The third-order valence-corrected chi connectivity index (χ3v) is 6.13. The van der Waals surface area contributed by atoms with Gasteiger partial charge < -0.3 is 14.8 Å². The molecule has 1 fully saturated rings. The quantitative estimate of drug-likeness (QED) is 0.514. The molecule has 2 heterocycles. The van der Waals surface area contributed by atoms with Crippen LogP contribution in [0.1, 0.15) is 12.8 Å². The van der Waals surface area contributed by atoms with Crippen LogP contribution in [0.4, 0.5) is 0 Å². The number of hydrogen-bond donors (Lipinski definition) is 1. The fourth-order valence-electron chi connectivity index (χ4n) is 3.33. The highest BCUT2D eigenvalue weighted by Crippen LogP contribution is 2.29. The number of ether oxygens (including phenoxy) is 2. The molecular weight excluding hydrogens is 436 g/mol. The van der Waals surface area contributed by atoms with Crippen LogP contribution in [0.2, 0.25) is 5.02 Å². The first-order valence-corrected chi connectivity index (χ1v) is 11.4. The maximum atomic E-state index is 12.3. The van der Waals surface area contributed by atoms with Crippen LogP contribution in [-0.4, -0.2) is 52.8 Å². The van der Waals surface area contributed by atoms with Crippen molar-refractivity contribution in [1.82, 2.24) is 20.1 Å². The molecule has 2 aromatic carbocycles. The van der Waals surface area contributed by atoms with Gasteiger partial charge in [0.15, 0.2) is 11.0 Å². The summed E-state index contributed by atoms with van der Waals surface area (Å²) < 4.78 is 12.8. The molecule has 1 aliphatic heterocycles. The van der Waals surface area contributed by atoms with Crippen LogP contribution in [0.25, 0.3) is 17.1 Å². The van der Waals surface area contributed by atoms with Crippen molar-refractivity contribution in [3.05, 3.63) is 53.6 Å². The largest absolute Gasteiger partial charge is 0.497 e. The van der Waals surface area contributed by atoms with Gasteiger partial charge in [0.2, 0.25) is 5.91 Å². The number of rotatable bonds is 8. The first-order chi connectivity index (χ1) is 15.1. The molecule has 1 N–H and O–H groups in total. The van der Waals surface area contributed by atoms with Gasteiger partial charge in [-0.25, -0.2) is 0 Å². The van der Waals surface area contributed by atoms with E-state index < -0.39 is 0 Å². The average Bonchev–Trinajstić information content (AvgIpc) is 3.47. The van der Waals surface area contributed by atoms with Gasteiger partial charge in [-0.2, -0.15) is 0 Å². The Labute approximate surface area is 190 Å². The molecule has 1 aliphatic rings. The predicted octanol–water partition coefficient (Wildman–Crippen LogP) is 3.98. The van der Waals surface area contributed by atoms with Gasteiger partial charge in [0.25, 0.3) is 0 Å². The van der Waals surface area contributed by atoms with E-state index in [1.54, 1.807) is 7.11 Å². The van der Waals surface area contributed by atoms with Crippen molar-refractivity contribution < 1.29 is 14.3 Å². The molecule has 0 aliphatic carbocycles. The summed E-state index contributed by atoms with van der Waals surface area (Å²) in [5, 5.41) is 13.0. The Hall–Kier alpha value is -2.55. The van der Waals surface area contributed by atoms with Crippen LogP contribution < -0.4 is 10.1 Å². The Morgan fingerprint density at radius 2 is 2.00 bits per heavy atom. The summed E-state index contributed by atoms with van der Waals surface area (Å²) in [6, 6.07) is 15.1. The molecule has 1 amide bonds. The standard InChI is InChI=1S/C22H23ClN4O3S/c1-29-18-10-8-17(9-11-18)27-21(15-4-6-16(23)7-5-15)25-26-22(27)31-14-20(28)24-13-19-3-2-12-30-19/h4-11,19H,2-3,12-14H2,1H3,(H,24,28)/t19-/m0/s1. The fraction of sp³-hybridized carbons (Fsp3) is 0.318. The molecule has 1 saturated heterocycles. The van der Waals surface area contributed by atoms with Crippen molar-refractivity contribution in [2.24, 2.45) is 0 Å². The summed E-state index contributed by atoms with van der Waals surface area (Å²) in [5.41, 5.74) is 1.75. The lowest BCUT2D eigenvalue weighted by atomic mass is 10.2. The number of carbonyl (C=O) groups excluding carboxylic acids is 1. The van der Waals surface area contributed by atoms with Crippen molar-refractivity contribution >= 4 is 29.3 Å². The van der Waals surface area contributed by atoms with Gasteiger partial charge in [0, 0.05) is 29.4 Å². The number of amides is 1. The highest BCUT2D eigenvalue weighted by Gasteiger charge is 2.19. The fourth-order valence-corrected chi connectivity index (χ4v) is 4.24. The molecule has 4 rings (SSSR count). The van der Waals surface area contributed by atoms with Gasteiger partial charge in [-0.15, -0.1) is 10.2 Å². The van der Waals surface area contributed by atoms with Crippen molar-refractivity contribution in [1.29, 1.82) is 0 Å². The van der Waals surface area contributed by atoms with E-state index in [1.165, 1.54) is 11.8 Å². The zero-order chi connectivity index (χ0) is 21.6. The molecule has 3 aromatic rings. The second-order valence-corrected chi connectivity index (χ2v) is 8.45. The molecule has 9 heteroatoms. The summed E-state index contributed by atoms with van der Waals surface area (Å²) in [5.74, 6) is 1.61. The Kier molecular flexibility index (Phi) is 7.11. The van der Waals surface area contributed by atoms with Crippen LogP contribution in [0.5, 0.6) is 5.75 Å². The minimum atomic E-state index is -0.0576. The third-order valence-electron chi connectivity index (χ3n) is 4.95. The smallest absolute Gasteiger partial charge is 0.230 e. The van der Waals surface area contributed by atoms with E-state index in [9.17, 15) is 4.79 Å². The number of halogens is 1. The van der Waals surface area contributed by atoms with Gasteiger partial charge in [-0.3, -0.25) is 9.36 Å². The molecule has 1 aromatic heterocycles. The number of nitrogens with zero attached hydrogens (tertiary/aromatic N) is 3. The Balaban J connectivity index is 1.54. The molecule has 31 heavy (non-hydrogen) atoms. The number of carbonyl (C=O) groups is 1. The van der Waals surface area contributed by atoms with E-state index in [1.807, 2.05) is 53.1 Å². The van der Waals surface area contributed by atoms with E-state index in [4.69, 9.17) is 21.1 Å². The minimum absolute atomic E-state index is 0.0576. The Morgan fingerprint density at radius 3 is 2.68 bits per heavy atom. The second kappa shape index (κ2) is 10.2. The minimum Gasteiger partial charge on any atom is -0.497 e. The van der Waals surface area contributed by atoms with Crippen LogP contribution in [0.3, 0.4) is 0 Å². The van der Waals surface area contributed by atoms with Crippen molar-refractivity contribution in [3.63, 3.8) is 0 Å². The van der Waals surface area contributed by atoms with E-state index in [0.717, 1.165) is 36.4 Å². The maximum absolute atomic E-state index is 12.3. The topological polar surface area (TPSA) is 78.3 Å². The number of hydrogen-bond acceptors (Lipinski definition) is 6. The van der Waals surface area contributed by atoms with Crippen LogP contribution in [-0.2, 0) is 9.53 Å². The lowest BCUT2D eigenvalue weighted by Crippen LogP contribution is -2.32. The first-order valence-electron chi connectivity index (χ1n) is 10.0. The number of aromatic nitrogens is 3. The van der Waals surface area contributed by atoms with Crippen LogP contribution in [0.15, 0.2) is 53.7 Å². The highest BCUT2D eigenvalue weighted by molar-refractivity contribution is 7.99. The second-order valence-electron chi connectivity index (χ2n) is 7.07. The monoisotopic (exact) mass is 458 g/mol. The molecule has 162 valence electrons. The molecule has 0 spiro atoms. The maximum Gasteiger partial charge on any atom is 0.230 e. The van der Waals surface area contributed by atoms with E-state index >= 15 is 0 Å². The molecule has 0 radical (unpaired) electrons. The van der Waals surface area contributed by atoms with Gasteiger partial charge >= 0.3 is 0 Å². The van der Waals surface area contributed by atoms with Crippen LogP contribution >= 0.6 is 23.4 Å². The van der Waals surface area contributed by atoms with Crippen LogP contribution in [0, 0.1) is 0 Å². The molecule has 0 saturated carbocycles. The van der Waals surface area contributed by atoms with Crippen molar-refractivity contribution in [2.75, 3.05) is 26.0 Å². The lowest BCUT2D eigenvalue weighted by Gasteiger charge is -2.12. The summed E-state index contributed by atoms with van der Waals surface area (Å²) in [7, 11) is 1.63. The average molecular weight is 459 g/mol. The van der Waals surface area contributed by atoms with Crippen molar-refractivity contribution in [3.8, 4) is 22.8 Å². The van der Waals surface area contributed by atoms with Gasteiger partial charge in [0.1, 0.15) is 5.75 Å². The predicted molar refractivity (Wildman–Crippen MR) is 121 cm³/mol. The Bertz CT molecular complexity index is 1020. The summed E-state index contributed by atoms with van der Waals surface area (Å²) in [4.78, 5) is 12.3.